The van der Waals surface area contributed by atoms with Gasteiger partial charge in [-0.3, -0.25) is 4.79 Å². The van der Waals surface area contributed by atoms with Crippen molar-refractivity contribution < 1.29 is 14.3 Å². The molecule has 1 amide bonds. The van der Waals surface area contributed by atoms with Crippen LogP contribution >= 0.6 is 23.2 Å². The molecule has 0 unspecified atom stereocenters. The van der Waals surface area contributed by atoms with Gasteiger partial charge in [0.15, 0.2) is 5.75 Å². The molecular weight excluding hydrogens is 339 g/mol. The molecule has 2 aliphatic heterocycles. The second kappa shape index (κ2) is 6.48. The minimum Gasteiger partial charge on any atom is -0.494 e. The maximum absolute atomic E-state index is 13.0. The predicted octanol–water partition coefficient (Wildman–Crippen LogP) is 2.90. The third-order valence-electron chi connectivity index (χ3n) is 4.64. The van der Waals surface area contributed by atoms with Crippen molar-refractivity contribution in [3.8, 4) is 5.75 Å². The summed E-state index contributed by atoms with van der Waals surface area (Å²) in [5.74, 6) is 0.287. The van der Waals surface area contributed by atoms with E-state index in [1.807, 2.05) is 4.90 Å². The number of hydrogen-bond donors (Lipinski definition) is 0. The van der Waals surface area contributed by atoms with Gasteiger partial charge in [0.1, 0.15) is 5.72 Å². The van der Waals surface area contributed by atoms with Crippen LogP contribution in [0, 0.1) is 0 Å². The van der Waals surface area contributed by atoms with E-state index in [0.717, 1.165) is 25.9 Å². The molecule has 126 valence electrons. The number of amides is 1. The highest BCUT2D eigenvalue weighted by Crippen LogP contribution is 2.38. The Morgan fingerprint density at radius 3 is 2.39 bits per heavy atom. The molecule has 0 bridgehead atoms. The van der Waals surface area contributed by atoms with E-state index in [9.17, 15) is 4.79 Å². The minimum absolute atomic E-state index is 0.0986. The zero-order valence-corrected chi connectivity index (χ0v) is 14.8. The van der Waals surface area contributed by atoms with Gasteiger partial charge in [-0.1, -0.05) is 23.2 Å². The lowest BCUT2D eigenvalue weighted by Gasteiger charge is -2.42. The van der Waals surface area contributed by atoms with Crippen LogP contribution in [0.3, 0.4) is 0 Å². The number of hydrogen-bond acceptors (Lipinski definition) is 4. The summed E-state index contributed by atoms with van der Waals surface area (Å²) in [6.45, 7) is 2.97. The monoisotopic (exact) mass is 358 g/mol. The number of halogens is 2. The molecule has 0 radical (unpaired) electrons. The Morgan fingerprint density at radius 1 is 1.22 bits per heavy atom. The summed E-state index contributed by atoms with van der Waals surface area (Å²) in [6, 6.07) is 3.21. The summed E-state index contributed by atoms with van der Waals surface area (Å²) < 4.78 is 11.1. The lowest BCUT2D eigenvalue weighted by molar-refractivity contribution is -0.102. The summed E-state index contributed by atoms with van der Waals surface area (Å²) >= 11 is 12.3. The van der Waals surface area contributed by atoms with Gasteiger partial charge in [0.05, 0.1) is 23.8 Å². The molecule has 1 aromatic carbocycles. The van der Waals surface area contributed by atoms with Crippen molar-refractivity contribution in [1.29, 1.82) is 0 Å². The summed E-state index contributed by atoms with van der Waals surface area (Å²) in [7, 11) is 3.58. The number of carbonyl (C=O) groups is 1. The topological polar surface area (TPSA) is 42.0 Å². The molecule has 0 N–H and O–H groups in total. The van der Waals surface area contributed by atoms with Crippen molar-refractivity contribution in [1.82, 2.24) is 9.80 Å². The lowest BCUT2D eigenvalue weighted by Crippen LogP contribution is -2.54. The van der Waals surface area contributed by atoms with Gasteiger partial charge in [-0.05, 0) is 19.2 Å². The Labute approximate surface area is 146 Å². The van der Waals surface area contributed by atoms with Crippen molar-refractivity contribution in [3.05, 3.63) is 27.7 Å². The van der Waals surface area contributed by atoms with E-state index in [4.69, 9.17) is 32.7 Å². The van der Waals surface area contributed by atoms with Crippen molar-refractivity contribution >= 4 is 29.1 Å². The molecule has 5 nitrogen and oxygen atoms in total. The van der Waals surface area contributed by atoms with E-state index in [1.54, 1.807) is 12.1 Å². The van der Waals surface area contributed by atoms with E-state index in [2.05, 4.69) is 11.9 Å². The van der Waals surface area contributed by atoms with Crippen LogP contribution < -0.4 is 4.74 Å². The second-order valence-electron chi connectivity index (χ2n) is 6.03. The smallest absolute Gasteiger partial charge is 0.256 e. The SMILES string of the molecule is COc1c(Cl)cc(C(=O)N2CCOC23CCN(C)CC3)cc1Cl. The summed E-state index contributed by atoms with van der Waals surface area (Å²) in [5.41, 5.74) is -0.0350. The highest BCUT2D eigenvalue weighted by Gasteiger charge is 2.46. The third kappa shape index (κ3) is 3.03. The van der Waals surface area contributed by atoms with E-state index >= 15 is 0 Å². The van der Waals surface area contributed by atoms with Gasteiger partial charge < -0.3 is 19.3 Å². The highest BCUT2D eigenvalue weighted by molar-refractivity contribution is 6.37. The van der Waals surface area contributed by atoms with Crippen LogP contribution in [0.1, 0.15) is 23.2 Å². The van der Waals surface area contributed by atoms with Gasteiger partial charge in [0.2, 0.25) is 0 Å². The minimum atomic E-state index is -0.498. The van der Waals surface area contributed by atoms with Crippen LogP contribution in [0.5, 0.6) is 5.75 Å². The Balaban J connectivity index is 1.88. The summed E-state index contributed by atoms with van der Waals surface area (Å²) in [5, 5.41) is 0.668. The lowest BCUT2D eigenvalue weighted by atomic mass is 9.98. The number of methoxy groups -OCH3 is 1. The first-order chi connectivity index (χ1) is 11.0. The molecular formula is C16H20Cl2N2O3. The first-order valence-corrected chi connectivity index (χ1v) is 8.40. The van der Waals surface area contributed by atoms with Gasteiger partial charge >= 0.3 is 0 Å². The maximum Gasteiger partial charge on any atom is 0.256 e. The molecule has 1 aromatic rings. The molecule has 2 heterocycles. The molecule has 23 heavy (non-hydrogen) atoms. The van der Waals surface area contributed by atoms with Gasteiger partial charge in [-0.15, -0.1) is 0 Å². The van der Waals surface area contributed by atoms with Crippen LogP contribution in [0.2, 0.25) is 10.0 Å². The maximum atomic E-state index is 13.0. The average Bonchev–Trinajstić information content (AvgIpc) is 2.93. The Hall–Kier alpha value is -1.01. The molecule has 3 rings (SSSR count). The molecule has 2 fully saturated rings. The van der Waals surface area contributed by atoms with Crippen LogP contribution in [0.25, 0.3) is 0 Å². The van der Waals surface area contributed by atoms with Crippen LogP contribution in [-0.2, 0) is 4.74 Å². The van der Waals surface area contributed by atoms with E-state index in [0.29, 0.717) is 34.5 Å². The third-order valence-corrected chi connectivity index (χ3v) is 5.20. The highest BCUT2D eigenvalue weighted by atomic mass is 35.5. The summed E-state index contributed by atoms with van der Waals surface area (Å²) in [6.07, 6.45) is 1.62. The Morgan fingerprint density at radius 2 is 1.83 bits per heavy atom. The first kappa shape index (κ1) is 16.8. The predicted molar refractivity (Wildman–Crippen MR) is 89.5 cm³/mol. The zero-order chi connectivity index (χ0) is 16.6. The number of likely N-dealkylation sites (tertiary alicyclic amines) is 1. The van der Waals surface area contributed by atoms with Crippen molar-refractivity contribution in [2.45, 2.75) is 18.6 Å². The van der Waals surface area contributed by atoms with Crippen LogP contribution in [0.15, 0.2) is 12.1 Å². The molecule has 2 aliphatic rings. The van der Waals surface area contributed by atoms with Gasteiger partial charge in [0.25, 0.3) is 5.91 Å². The first-order valence-electron chi connectivity index (χ1n) is 7.64. The van der Waals surface area contributed by atoms with Gasteiger partial charge in [-0.25, -0.2) is 0 Å². The van der Waals surface area contributed by atoms with Crippen molar-refractivity contribution in [2.75, 3.05) is 40.4 Å². The quantitative estimate of drug-likeness (QED) is 0.814. The molecule has 0 saturated carbocycles. The second-order valence-corrected chi connectivity index (χ2v) is 6.84. The molecule has 7 heteroatoms. The van der Waals surface area contributed by atoms with E-state index in [1.165, 1.54) is 7.11 Å². The number of nitrogens with zero attached hydrogens (tertiary/aromatic N) is 2. The van der Waals surface area contributed by atoms with E-state index < -0.39 is 5.72 Å². The zero-order valence-electron chi connectivity index (χ0n) is 13.3. The fourth-order valence-corrected chi connectivity index (χ4v) is 3.95. The standard InChI is InChI=1S/C16H20Cl2N2O3/c1-19-5-3-16(4-6-19)20(7-8-23-16)15(21)11-9-12(17)14(22-2)13(18)10-11/h9-10H,3-8H2,1-2H3. The van der Waals surface area contributed by atoms with Crippen LogP contribution in [-0.4, -0.2) is 61.8 Å². The van der Waals surface area contributed by atoms with Crippen molar-refractivity contribution in [2.24, 2.45) is 0 Å². The number of rotatable bonds is 2. The molecule has 0 atom stereocenters. The Kier molecular flexibility index (Phi) is 4.74. The van der Waals surface area contributed by atoms with Gasteiger partial charge in [0, 0.05) is 38.0 Å². The number of benzene rings is 1. The fraction of sp³-hybridized carbons (Fsp3) is 0.562. The summed E-state index contributed by atoms with van der Waals surface area (Å²) in [4.78, 5) is 17.1. The molecule has 0 aromatic heterocycles. The molecule has 0 aliphatic carbocycles. The molecule has 1 spiro atoms. The van der Waals surface area contributed by atoms with Crippen LogP contribution in [0.4, 0.5) is 0 Å². The number of piperidine rings is 1. The average molecular weight is 359 g/mol. The molecule has 2 saturated heterocycles. The van der Waals surface area contributed by atoms with Crippen molar-refractivity contribution in [3.63, 3.8) is 0 Å². The Bertz CT molecular complexity index is 592. The van der Waals surface area contributed by atoms with Gasteiger partial charge in [-0.2, -0.15) is 0 Å². The number of carbonyl (C=O) groups excluding carboxylic acids is 1. The largest absolute Gasteiger partial charge is 0.494 e. The van der Waals surface area contributed by atoms with E-state index in [-0.39, 0.29) is 5.91 Å². The number of ether oxygens (including phenoxy) is 2. The fourth-order valence-electron chi connectivity index (χ4n) is 3.31. The normalized spacial score (nSPS) is 21.0.